The van der Waals surface area contributed by atoms with Gasteiger partial charge in [-0.25, -0.2) is 4.98 Å². The van der Waals surface area contributed by atoms with Crippen molar-refractivity contribution >= 4 is 33.5 Å². The third-order valence-electron chi connectivity index (χ3n) is 13.3. The van der Waals surface area contributed by atoms with Gasteiger partial charge in [-0.2, -0.15) is 0 Å². The van der Waals surface area contributed by atoms with E-state index >= 15 is 0 Å². The summed E-state index contributed by atoms with van der Waals surface area (Å²) in [6.45, 7) is 0. The maximum atomic E-state index is 5.29. The van der Waals surface area contributed by atoms with Crippen molar-refractivity contribution in [2.45, 2.75) is 37.4 Å². The van der Waals surface area contributed by atoms with Gasteiger partial charge in [-0.15, -0.1) is 0 Å². The lowest BCUT2D eigenvalue weighted by atomic mass is 9.74. The van der Waals surface area contributed by atoms with Crippen LogP contribution in [0.2, 0.25) is 0 Å². The lowest BCUT2D eigenvalue weighted by molar-refractivity contribution is 0.420. The quantitative estimate of drug-likeness (QED) is 0.168. The van der Waals surface area contributed by atoms with E-state index in [2.05, 4.69) is 228 Å². The second-order valence-corrected chi connectivity index (χ2v) is 17.1. The third-order valence-corrected chi connectivity index (χ3v) is 13.3. The molecule has 0 spiro atoms. The predicted octanol–water partition coefficient (Wildman–Crippen LogP) is 14.1. The molecule has 4 nitrogen and oxygen atoms in total. The van der Waals surface area contributed by atoms with Crippen molar-refractivity contribution in [3.05, 3.63) is 251 Å². The number of aromatic nitrogens is 2. The fourth-order valence-corrected chi connectivity index (χ4v) is 10.2. The molecule has 2 N–H and O–H groups in total. The van der Waals surface area contributed by atoms with Crippen molar-refractivity contribution in [3.8, 4) is 28.1 Å². The Bertz CT molecular complexity index is 3210. The van der Waals surface area contributed by atoms with Crippen LogP contribution >= 0.6 is 0 Å². The number of nitrogens with zero attached hydrogens (tertiary/aromatic N) is 2. The van der Waals surface area contributed by atoms with Gasteiger partial charge in [0, 0.05) is 33.6 Å². The van der Waals surface area contributed by atoms with Crippen molar-refractivity contribution < 1.29 is 0 Å². The van der Waals surface area contributed by atoms with Crippen molar-refractivity contribution in [2.24, 2.45) is 0 Å². The number of benzene rings is 6. The summed E-state index contributed by atoms with van der Waals surface area (Å²) in [5.41, 5.74) is 19.3. The Balaban J connectivity index is 0.891. The van der Waals surface area contributed by atoms with E-state index in [-0.39, 0.29) is 18.1 Å². The number of pyridine rings is 1. The zero-order valence-corrected chi connectivity index (χ0v) is 35.0. The van der Waals surface area contributed by atoms with Crippen molar-refractivity contribution in [1.82, 2.24) is 20.2 Å². The third kappa shape index (κ3) is 6.80. The molecule has 3 aliphatic carbocycles. The van der Waals surface area contributed by atoms with Crippen LogP contribution in [-0.2, 0) is 0 Å². The van der Waals surface area contributed by atoms with Crippen LogP contribution < -0.4 is 10.6 Å². The van der Waals surface area contributed by atoms with Crippen molar-refractivity contribution in [1.29, 1.82) is 0 Å². The molecule has 4 aliphatic rings. The lowest BCUT2D eigenvalue weighted by Crippen LogP contribution is -2.40. The molecule has 0 saturated heterocycles. The van der Waals surface area contributed by atoms with E-state index in [0.717, 1.165) is 41.9 Å². The summed E-state index contributed by atoms with van der Waals surface area (Å²) in [6.07, 6.45) is 21.4. The highest BCUT2D eigenvalue weighted by Gasteiger charge is 2.31. The number of nitrogens with one attached hydrogen (secondary N) is 2. The maximum Gasteiger partial charge on any atom is 0.104 e. The van der Waals surface area contributed by atoms with Gasteiger partial charge in [0.05, 0.1) is 28.5 Å². The Morgan fingerprint density at radius 1 is 0.587 bits per heavy atom. The topological polar surface area (TPSA) is 41.9 Å². The molecule has 63 heavy (non-hydrogen) atoms. The highest BCUT2D eigenvalue weighted by Crippen LogP contribution is 2.47. The van der Waals surface area contributed by atoms with Gasteiger partial charge in [-0.1, -0.05) is 164 Å². The van der Waals surface area contributed by atoms with Gasteiger partial charge in [0.1, 0.15) is 6.17 Å². The fraction of sp³-hybridized carbons (Fsp3) is 0.102. The summed E-state index contributed by atoms with van der Waals surface area (Å²) in [5.74, 6) is 0.192. The molecular formula is C59H46N4. The summed E-state index contributed by atoms with van der Waals surface area (Å²) in [7, 11) is 0. The van der Waals surface area contributed by atoms with Gasteiger partial charge in [-0.3, -0.25) is 5.32 Å². The second-order valence-electron chi connectivity index (χ2n) is 17.1. The van der Waals surface area contributed by atoms with E-state index < -0.39 is 0 Å². The summed E-state index contributed by atoms with van der Waals surface area (Å²) in [5, 5.41) is 10.5. The van der Waals surface area contributed by atoms with Gasteiger partial charge < -0.3 is 9.88 Å². The van der Waals surface area contributed by atoms with Crippen LogP contribution in [0.25, 0.3) is 61.5 Å². The Hall–Kier alpha value is -7.53. The molecule has 0 radical (unpaired) electrons. The van der Waals surface area contributed by atoms with E-state index in [1.807, 2.05) is 0 Å². The smallest absolute Gasteiger partial charge is 0.104 e. The number of rotatable bonds is 7. The van der Waals surface area contributed by atoms with E-state index in [4.69, 9.17) is 4.98 Å². The van der Waals surface area contributed by atoms with E-state index in [1.165, 1.54) is 77.6 Å². The SMILES string of the molecule is C1=CC(C2=CC(c3cccc(-n4c5ccccc5c5ccccc54)c3)NC(c3cccc(C4=CC=C5C=Cc6nc(-c7ccccc7)cc(-c7ccccc7)c6C5C4)c3)N2)=CCC1. The predicted molar refractivity (Wildman–Crippen MR) is 261 cm³/mol. The first-order valence-electron chi connectivity index (χ1n) is 22.3. The molecule has 8 aromatic rings. The molecule has 3 heterocycles. The summed E-state index contributed by atoms with van der Waals surface area (Å²) >= 11 is 0. The maximum absolute atomic E-state index is 5.29. The van der Waals surface area contributed by atoms with E-state index in [1.54, 1.807) is 0 Å². The van der Waals surface area contributed by atoms with Crippen LogP contribution in [0.1, 0.15) is 65.3 Å². The number of hydrogen-bond donors (Lipinski definition) is 2. The molecule has 0 fully saturated rings. The number of fused-ring (bicyclic) bond motifs is 6. The van der Waals surface area contributed by atoms with Crippen molar-refractivity contribution in [3.63, 3.8) is 0 Å². The first-order chi connectivity index (χ1) is 31.2. The number of para-hydroxylation sites is 2. The van der Waals surface area contributed by atoms with Crippen LogP contribution in [0, 0.1) is 0 Å². The molecule has 2 aromatic heterocycles. The fourth-order valence-electron chi connectivity index (χ4n) is 10.2. The molecular weight excluding hydrogens is 765 g/mol. The van der Waals surface area contributed by atoms with Gasteiger partial charge >= 0.3 is 0 Å². The second kappa shape index (κ2) is 15.7. The summed E-state index contributed by atoms with van der Waals surface area (Å²) < 4.78 is 2.41. The molecule has 0 amide bonds. The Labute approximate surface area is 368 Å². The zero-order chi connectivity index (χ0) is 41.7. The lowest BCUT2D eigenvalue weighted by Gasteiger charge is -2.34. The number of hydrogen-bond acceptors (Lipinski definition) is 3. The molecule has 4 heteroatoms. The Kier molecular flexibility index (Phi) is 9.31. The summed E-state index contributed by atoms with van der Waals surface area (Å²) in [4.78, 5) is 5.29. The first-order valence-corrected chi connectivity index (χ1v) is 22.3. The minimum absolute atomic E-state index is 0.0197. The molecule has 0 saturated carbocycles. The first kappa shape index (κ1) is 37.2. The minimum Gasteiger partial charge on any atom is -0.366 e. The van der Waals surface area contributed by atoms with Gasteiger partial charge in [-0.05, 0) is 118 Å². The largest absolute Gasteiger partial charge is 0.366 e. The Morgan fingerprint density at radius 3 is 2.08 bits per heavy atom. The standard InChI is InChI=1S/C59H46N4/c1-4-16-39(17-5-1)51-37-53(41-18-6-2-7-19-41)60-52-33-32-40-30-31-44(36-50(40)58(51)52)43-22-14-24-46(34-43)59-61-54(42-20-8-3-9-21-42)38-55(62-59)45-23-15-25-47(35-45)63-56-28-12-10-26-48(56)49-27-11-13-29-57(49)63/h1-2,4-8,10-35,37-38,50,55,59,61-62H,3,9,36H2. The average molecular weight is 811 g/mol. The zero-order valence-electron chi connectivity index (χ0n) is 35.0. The van der Waals surface area contributed by atoms with Gasteiger partial charge in [0.15, 0.2) is 0 Å². The molecule has 3 atom stereocenters. The van der Waals surface area contributed by atoms with Crippen LogP contribution in [0.15, 0.2) is 223 Å². The highest BCUT2D eigenvalue weighted by molar-refractivity contribution is 6.09. The number of allylic oxidation sites excluding steroid dienone is 8. The van der Waals surface area contributed by atoms with Crippen LogP contribution in [0.3, 0.4) is 0 Å². The van der Waals surface area contributed by atoms with E-state index in [0.29, 0.717) is 0 Å². The molecule has 3 unspecified atom stereocenters. The minimum atomic E-state index is -0.109. The average Bonchev–Trinajstić information content (AvgIpc) is 3.71. The Morgan fingerprint density at radius 2 is 1.30 bits per heavy atom. The van der Waals surface area contributed by atoms with Gasteiger partial charge in [0.2, 0.25) is 0 Å². The monoisotopic (exact) mass is 810 g/mol. The molecule has 12 rings (SSSR count). The van der Waals surface area contributed by atoms with Gasteiger partial charge in [0.25, 0.3) is 0 Å². The van der Waals surface area contributed by atoms with Crippen LogP contribution in [-0.4, -0.2) is 9.55 Å². The van der Waals surface area contributed by atoms with Crippen molar-refractivity contribution in [2.75, 3.05) is 0 Å². The van der Waals surface area contributed by atoms with Crippen LogP contribution in [0.5, 0.6) is 0 Å². The van der Waals surface area contributed by atoms with Crippen LogP contribution in [0.4, 0.5) is 0 Å². The molecule has 6 aromatic carbocycles. The molecule has 302 valence electrons. The molecule has 0 bridgehead atoms. The van der Waals surface area contributed by atoms with E-state index in [9.17, 15) is 0 Å². The normalized spacial score (nSPS) is 19.1. The highest BCUT2D eigenvalue weighted by atomic mass is 15.2. The molecule has 1 aliphatic heterocycles. The summed E-state index contributed by atoms with van der Waals surface area (Å²) in [6, 6.07) is 59.4.